The molecule has 1 aromatic carbocycles. The van der Waals surface area contributed by atoms with Gasteiger partial charge in [-0.05, 0) is 25.5 Å². The van der Waals surface area contributed by atoms with Gasteiger partial charge in [-0.2, -0.15) is 0 Å². The molecular formula is C13H18NO4P. The lowest BCUT2D eigenvalue weighted by Gasteiger charge is -2.19. The van der Waals surface area contributed by atoms with E-state index >= 15 is 0 Å². The van der Waals surface area contributed by atoms with Crippen molar-refractivity contribution in [2.75, 3.05) is 13.2 Å². The van der Waals surface area contributed by atoms with E-state index in [2.05, 4.69) is 5.32 Å². The third-order valence-corrected chi connectivity index (χ3v) is 4.25. The minimum atomic E-state index is -3.49. The minimum absolute atomic E-state index is 0.136. The topological polar surface area (TPSA) is 64.6 Å². The van der Waals surface area contributed by atoms with Gasteiger partial charge in [-0.25, -0.2) is 0 Å². The molecule has 1 N–H and O–H groups in total. The quantitative estimate of drug-likeness (QED) is 0.588. The van der Waals surface area contributed by atoms with E-state index in [1.165, 1.54) is 0 Å². The lowest BCUT2D eigenvalue weighted by Crippen LogP contribution is -2.13. The van der Waals surface area contributed by atoms with Crippen molar-refractivity contribution in [2.45, 2.75) is 13.8 Å². The summed E-state index contributed by atoms with van der Waals surface area (Å²) in [6.45, 7) is 3.88. The van der Waals surface area contributed by atoms with Crippen molar-refractivity contribution in [3.8, 4) is 0 Å². The molecule has 5 nitrogen and oxygen atoms in total. The van der Waals surface area contributed by atoms with E-state index in [-0.39, 0.29) is 18.7 Å². The number of nitrogens with one attached hydrogen (secondary N) is 1. The highest BCUT2D eigenvalue weighted by atomic mass is 31.2. The Kier molecular flexibility index (Phi) is 6.50. The van der Waals surface area contributed by atoms with Crippen LogP contribution in [0.2, 0.25) is 0 Å². The highest BCUT2D eigenvalue weighted by Gasteiger charge is 2.29. The van der Waals surface area contributed by atoms with Gasteiger partial charge in [-0.1, -0.05) is 30.3 Å². The Bertz CT molecular complexity index is 463. The summed E-state index contributed by atoms with van der Waals surface area (Å²) in [4.78, 5) is 10.7. The summed E-state index contributed by atoms with van der Waals surface area (Å²) in [6, 6.07) is 9.21. The highest BCUT2D eigenvalue weighted by Crippen LogP contribution is 2.55. The van der Waals surface area contributed by atoms with E-state index in [9.17, 15) is 9.36 Å². The number of hydrogen-bond donors (Lipinski definition) is 1. The van der Waals surface area contributed by atoms with Crippen molar-refractivity contribution < 1.29 is 18.4 Å². The molecule has 0 fully saturated rings. The average Bonchev–Trinajstić information content (AvgIpc) is 2.40. The molecule has 0 spiro atoms. The first-order chi connectivity index (χ1) is 9.16. The van der Waals surface area contributed by atoms with Gasteiger partial charge in [0.1, 0.15) is 5.44 Å². The summed E-state index contributed by atoms with van der Waals surface area (Å²) in [5.74, 6) is 0. The molecule has 0 radical (unpaired) electrons. The van der Waals surface area contributed by atoms with Crippen LogP contribution >= 0.6 is 7.60 Å². The molecule has 0 unspecified atom stereocenters. The fourth-order valence-corrected chi connectivity index (χ4v) is 3.03. The highest BCUT2D eigenvalue weighted by molar-refractivity contribution is 7.58. The van der Waals surface area contributed by atoms with Crippen LogP contribution in [0.15, 0.2) is 35.8 Å². The van der Waals surface area contributed by atoms with E-state index in [1.807, 2.05) is 30.3 Å². The summed E-state index contributed by atoms with van der Waals surface area (Å²) < 4.78 is 23.0. The summed E-state index contributed by atoms with van der Waals surface area (Å²) in [5, 5.41) is 2.41. The Morgan fingerprint density at radius 1 is 1.21 bits per heavy atom. The van der Waals surface area contributed by atoms with Gasteiger partial charge in [0.2, 0.25) is 6.41 Å². The molecule has 1 rings (SSSR count). The molecule has 0 aromatic heterocycles. The second-order valence-electron chi connectivity index (χ2n) is 3.54. The molecule has 0 saturated heterocycles. The largest absolute Gasteiger partial charge is 0.377 e. The third-order valence-electron chi connectivity index (χ3n) is 2.20. The first-order valence-electron chi connectivity index (χ1n) is 6.03. The molecule has 1 aromatic rings. The van der Waals surface area contributed by atoms with Gasteiger partial charge in [-0.3, -0.25) is 9.36 Å². The van der Waals surface area contributed by atoms with Crippen molar-refractivity contribution >= 4 is 20.1 Å². The van der Waals surface area contributed by atoms with E-state index in [0.717, 1.165) is 5.56 Å². The van der Waals surface area contributed by atoms with Crippen LogP contribution in [0, 0.1) is 0 Å². The molecule has 1 amide bonds. The van der Waals surface area contributed by atoms with Crippen LogP contribution in [0.25, 0.3) is 6.08 Å². The second kappa shape index (κ2) is 7.89. The van der Waals surface area contributed by atoms with Crippen LogP contribution in [0.3, 0.4) is 0 Å². The summed E-state index contributed by atoms with van der Waals surface area (Å²) in [6.07, 6.45) is 2.04. The Balaban J connectivity index is 3.13. The SMILES string of the molecule is CCOP(=O)(OCC)/C(=C/c1ccccc1)NC=O. The van der Waals surface area contributed by atoms with Gasteiger partial charge >= 0.3 is 7.60 Å². The smallest absolute Gasteiger partial charge is 0.322 e. The Labute approximate surface area is 113 Å². The lowest BCUT2D eigenvalue weighted by atomic mass is 10.2. The van der Waals surface area contributed by atoms with Crippen LogP contribution in [0.5, 0.6) is 0 Å². The molecule has 6 heteroatoms. The Morgan fingerprint density at radius 2 is 1.79 bits per heavy atom. The van der Waals surface area contributed by atoms with Crippen LogP contribution < -0.4 is 5.32 Å². The van der Waals surface area contributed by atoms with Gasteiger partial charge in [-0.15, -0.1) is 0 Å². The molecule has 19 heavy (non-hydrogen) atoms. The fraction of sp³-hybridized carbons (Fsp3) is 0.308. The average molecular weight is 283 g/mol. The maximum Gasteiger partial charge on any atom is 0.377 e. The number of carbonyl (C=O) groups excluding carboxylic acids is 1. The number of amides is 1. The maximum atomic E-state index is 12.6. The molecule has 0 saturated carbocycles. The zero-order valence-corrected chi connectivity index (χ0v) is 11.9. The van der Waals surface area contributed by atoms with Crippen molar-refractivity contribution in [3.05, 3.63) is 41.3 Å². The van der Waals surface area contributed by atoms with Gasteiger partial charge in [0, 0.05) is 0 Å². The summed E-state index contributed by atoms with van der Waals surface area (Å²) in [7, 11) is -3.49. The normalized spacial score (nSPS) is 12.2. The summed E-state index contributed by atoms with van der Waals surface area (Å²) >= 11 is 0. The van der Waals surface area contributed by atoms with Crippen LogP contribution in [0.4, 0.5) is 0 Å². The summed E-state index contributed by atoms with van der Waals surface area (Å²) in [5.41, 5.74) is 0.934. The minimum Gasteiger partial charge on any atom is -0.322 e. The Morgan fingerprint density at radius 3 is 2.26 bits per heavy atom. The molecule has 0 heterocycles. The lowest BCUT2D eigenvalue weighted by molar-refractivity contribution is -0.108. The molecule has 0 aliphatic heterocycles. The van der Waals surface area contributed by atoms with Crippen LogP contribution in [-0.2, 0) is 18.4 Å². The molecule has 104 valence electrons. The molecule has 0 atom stereocenters. The van der Waals surface area contributed by atoms with Crippen molar-refractivity contribution in [3.63, 3.8) is 0 Å². The predicted molar refractivity (Wildman–Crippen MR) is 74.5 cm³/mol. The predicted octanol–water partition coefficient (Wildman–Crippen LogP) is 3.00. The Hall–Kier alpha value is -1.42. The van der Waals surface area contributed by atoms with E-state index in [4.69, 9.17) is 9.05 Å². The van der Waals surface area contributed by atoms with Crippen LogP contribution in [0.1, 0.15) is 19.4 Å². The monoisotopic (exact) mass is 283 g/mol. The second-order valence-corrected chi connectivity index (χ2v) is 5.53. The first-order valence-corrected chi connectivity index (χ1v) is 7.57. The fourth-order valence-electron chi connectivity index (χ4n) is 1.48. The van der Waals surface area contributed by atoms with Gasteiger partial charge in [0.05, 0.1) is 13.2 Å². The first kappa shape index (κ1) is 15.6. The van der Waals surface area contributed by atoms with Crippen molar-refractivity contribution in [1.29, 1.82) is 0 Å². The number of hydrogen-bond acceptors (Lipinski definition) is 4. The van der Waals surface area contributed by atoms with Gasteiger partial charge in [0.25, 0.3) is 0 Å². The van der Waals surface area contributed by atoms with Crippen molar-refractivity contribution in [1.82, 2.24) is 5.32 Å². The molecular weight excluding hydrogens is 265 g/mol. The van der Waals surface area contributed by atoms with Gasteiger partial charge < -0.3 is 14.4 Å². The van der Waals surface area contributed by atoms with Gasteiger partial charge in [0.15, 0.2) is 0 Å². The number of benzene rings is 1. The van der Waals surface area contributed by atoms with E-state index in [0.29, 0.717) is 6.41 Å². The van der Waals surface area contributed by atoms with E-state index in [1.54, 1.807) is 19.9 Å². The number of carbonyl (C=O) groups is 1. The maximum absolute atomic E-state index is 12.6. The van der Waals surface area contributed by atoms with Crippen LogP contribution in [-0.4, -0.2) is 19.6 Å². The molecule has 0 aliphatic carbocycles. The standard InChI is InChI=1S/C13H18NO4P/c1-3-17-19(16,18-4-2)13(14-11-15)10-12-8-6-5-7-9-12/h5-11H,3-4H2,1-2H3,(H,14,15)/b13-10+. The zero-order chi connectivity index (χ0) is 14.1. The zero-order valence-electron chi connectivity index (χ0n) is 11.0. The number of rotatable bonds is 8. The molecule has 0 bridgehead atoms. The molecule has 0 aliphatic rings. The van der Waals surface area contributed by atoms with Crippen molar-refractivity contribution in [2.24, 2.45) is 0 Å². The van der Waals surface area contributed by atoms with E-state index < -0.39 is 7.60 Å². The third kappa shape index (κ3) is 4.63.